The van der Waals surface area contributed by atoms with Gasteiger partial charge in [0.05, 0.1) is 11.1 Å². The van der Waals surface area contributed by atoms with Crippen molar-refractivity contribution in [3.8, 4) is 0 Å². The molecule has 0 bridgehead atoms. The number of nitrogens with one attached hydrogen (secondary N) is 2. The summed E-state index contributed by atoms with van der Waals surface area (Å²) in [4.78, 5) is 35.8. The molecule has 0 fully saturated rings. The molecule has 0 radical (unpaired) electrons. The predicted octanol–water partition coefficient (Wildman–Crippen LogP) is 0.540. The lowest BCUT2D eigenvalue weighted by Gasteiger charge is -2.10. The number of hydrogen-bond acceptors (Lipinski definition) is 5. The number of carbonyl (C=O) groups excluding carboxylic acids is 2. The van der Waals surface area contributed by atoms with Gasteiger partial charge in [-0.1, -0.05) is 18.2 Å². The van der Waals surface area contributed by atoms with Crippen molar-refractivity contribution in [2.45, 2.75) is 13.5 Å². The highest BCUT2D eigenvalue weighted by atomic mass is 32.2. The third kappa shape index (κ3) is 3.28. The highest BCUT2D eigenvalue weighted by Gasteiger charge is 2.16. The molecular formula is C14H16N4O3S. The summed E-state index contributed by atoms with van der Waals surface area (Å²) < 4.78 is 1.22. The number of hydrogen-bond donors (Lipinski definition) is 2. The number of amides is 2. The van der Waals surface area contributed by atoms with E-state index in [0.717, 1.165) is 0 Å². The number of aromatic nitrogens is 2. The Morgan fingerprint density at radius 3 is 2.55 bits per heavy atom. The Labute approximate surface area is 131 Å². The lowest BCUT2D eigenvalue weighted by atomic mass is 10.1. The van der Waals surface area contributed by atoms with E-state index >= 15 is 0 Å². The van der Waals surface area contributed by atoms with Crippen LogP contribution in [0.1, 0.15) is 17.4 Å². The molecule has 8 heteroatoms. The van der Waals surface area contributed by atoms with E-state index in [1.807, 2.05) is 0 Å². The molecule has 0 atom stereocenters. The number of nitrogens with zero attached hydrogens (tertiary/aromatic N) is 2. The topological polar surface area (TPSA) is 93.1 Å². The maximum Gasteiger partial charge on any atom is 0.290 e. The Hall–Kier alpha value is -2.35. The molecule has 2 aromatic rings. The summed E-state index contributed by atoms with van der Waals surface area (Å²) in [5.41, 5.74) is 4.48. The van der Waals surface area contributed by atoms with Crippen molar-refractivity contribution in [3.63, 3.8) is 0 Å². The monoisotopic (exact) mass is 320 g/mol. The van der Waals surface area contributed by atoms with Crippen molar-refractivity contribution >= 4 is 34.3 Å². The first-order valence-corrected chi connectivity index (χ1v) is 8.05. The zero-order valence-corrected chi connectivity index (χ0v) is 13.1. The van der Waals surface area contributed by atoms with Crippen LogP contribution < -0.4 is 16.4 Å². The molecule has 7 nitrogen and oxygen atoms in total. The maximum absolute atomic E-state index is 12.2. The molecule has 0 aliphatic carbocycles. The third-order valence-corrected chi connectivity index (χ3v) is 3.52. The molecule has 116 valence electrons. The van der Waals surface area contributed by atoms with E-state index in [-0.39, 0.29) is 22.9 Å². The summed E-state index contributed by atoms with van der Waals surface area (Å²) >= 11 is 1.34. The molecule has 2 amide bonds. The van der Waals surface area contributed by atoms with Gasteiger partial charge in [0.2, 0.25) is 5.91 Å². The van der Waals surface area contributed by atoms with Crippen molar-refractivity contribution in [2.75, 3.05) is 12.0 Å². The molecule has 0 aliphatic heterocycles. The van der Waals surface area contributed by atoms with Crippen molar-refractivity contribution in [3.05, 3.63) is 40.3 Å². The van der Waals surface area contributed by atoms with Crippen LogP contribution in [0.4, 0.5) is 0 Å². The highest BCUT2D eigenvalue weighted by molar-refractivity contribution is 7.99. The van der Waals surface area contributed by atoms with Gasteiger partial charge in [0, 0.05) is 11.9 Å². The van der Waals surface area contributed by atoms with Crippen molar-refractivity contribution in [1.82, 2.24) is 20.6 Å². The van der Waals surface area contributed by atoms with Crippen LogP contribution in [0, 0.1) is 0 Å². The van der Waals surface area contributed by atoms with E-state index in [0.29, 0.717) is 17.3 Å². The third-order valence-electron chi connectivity index (χ3n) is 2.97. The van der Waals surface area contributed by atoms with Gasteiger partial charge in [-0.25, -0.2) is 4.68 Å². The van der Waals surface area contributed by atoms with Gasteiger partial charge in [-0.15, -0.1) is 0 Å². The Morgan fingerprint density at radius 1 is 1.23 bits per heavy atom. The van der Waals surface area contributed by atoms with Gasteiger partial charge in [-0.2, -0.15) is 16.9 Å². The van der Waals surface area contributed by atoms with E-state index in [1.54, 1.807) is 37.4 Å². The minimum absolute atomic E-state index is 0.0986. The number of carbonyl (C=O) groups is 2. The van der Waals surface area contributed by atoms with E-state index < -0.39 is 5.91 Å². The second-order valence-corrected chi connectivity index (χ2v) is 5.32. The average Bonchev–Trinajstić information content (AvgIpc) is 2.53. The van der Waals surface area contributed by atoms with E-state index in [1.165, 1.54) is 16.4 Å². The fraction of sp³-hybridized carbons (Fsp3) is 0.286. The minimum Gasteiger partial charge on any atom is -0.272 e. The fourth-order valence-corrected chi connectivity index (χ4v) is 2.30. The maximum atomic E-state index is 12.2. The van der Waals surface area contributed by atoms with Crippen molar-refractivity contribution in [1.29, 1.82) is 0 Å². The largest absolute Gasteiger partial charge is 0.290 e. The van der Waals surface area contributed by atoms with E-state index in [4.69, 9.17) is 0 Å². The molecule has 0 unspecified atom stereocenters. The summed E-state index contributed by atoms with van der Waals surface area (Å²) in [6, 6.07) is 6.76. The van der Waals surface area contributed by atoms with Crippen LogP contribution in [0.2, 0.25) is 0 Å². The molecule has 22 heavy (non-hydrogen) atoms. The molecule has 1 heterocycles. The molecule has 0 saturated heterocycles. The second kappa shape index (κ2) is 7.08. The Bertz CT molecular complexity index is 772. The Balaban J connectivity index is 2.38. The van der Waals surface area contributed by atoms with Crippen LogP contribution in [-0.2, 0) is 11.3 Å². The second-order valence-electron chi connectivity index (χ2n) is 4.45. The number of hydrazine groups is 1. The summed E-state index contributed by atoms with van der Waals surface area (Å²) in [5.74, 6) is -0.634. The highest BCUT2D eigenvalue weighted by Crippen LogP contribution is 2.12. The Kier molecular flexibility index (Phi) is 5.16. The first kappa shape index (κ1) is 16.0. The van der Waals surface area contributed by atoms with Crippen LogP contribution >= 0.6 is 11.8 Å². The zero-order chi connectivity index (χ0) is 16.1. The average molecular weight is 320 g/mol. The predicted molar refractivity (Wildman–Crippen MR) is 85.7 cm³/mol. The molecule has 1 aromatic heterocycles. The summed E-state index contributed by atoms with van der Waals surface area (Å²) in [5, 5.41) is 4.95. The number of fused-ring (bicyclic) bond motifs is 1. The lowest BCUT2D eigenvalue weighted by Crippen LogP contribution is -2.43. The summed E-state index contributed by atoms with van der Waals surface area (Å²) in [6.07, 6.45) is 1.79. The van der Waals surface area contributed by atoms with E-state index in [2.05, 4.69) is 16.0 Å². The van der Waals surface area contributed by atoms with Crippen LogP contribution in [0.15, 0.2) is 29.1 Å². The molecule has 2 N–H and O–H groups in total. The lowest BCUT2D eigenvalue weighted by molar-refractivity contribution is -0.119. The van der Waals surface area contributed by atoms with Gasteiger partial charge in [-0.3, -0.25) is 25.2 Å². The zero-order valence-electron chi connectivity index (χ0n) is 12.3. The van der Waals surface area contributed by atoms with Gasteiger partial charge in [0.15, 0.2) is 5.69 Å². The SMILES string of the molecule is CCn1nc(C(=O)NNC(=O)CSC)c2ccccc2c1=O. The fourth-order valence-electron chi connectivity index (χ4n) is 1.97. The molecular weight excluding hydrogens is 304 g/mol. The minimum atomic E-state index is -0.562. The van der Waals surface area contributed by atoms with Crippen LogP contribution in [0.5, 0.6) is 0 Å². The summed E-state index contributed by atoms with van der Waals surface area (Å²) in [6.45, 7) is 2.12. The summed E-state index contributed by atoms with van der Waals surface area (Å²) in [7, 11) is 0. The van der Waals surface area contributed by atoms with Gasteiger partial charge in [-0.05, 0) is 19.2 Å². The van der Waals surface area contributed by atoms with Crippen molar-refractivity contribution in [2.24, 2.45) is 0 Å². The van der Waals surface area contributed by atoms with Gasteiger partial charge >= 0.3 is 0 Å². The Morgan fingerprint density at radius 2 is 1.91 bits per heavy atom. The van der Waals surface area contributed by atoms with Crippen LogP contribution in [-0.4, -0.2) is 33.6 Å². The molecule has 0 aliphatic rings. The van der Waals surface area contributed by atoms with Gasteiger partial charge < -0.3 is 0 Å². The smallest absolute Gasteiger partial charge is 0.272 e. The number of thioether (sulfide) groups is 1. The number of benzene rings is 1. The van der Waals surface area contributed by atoms with Gasteiger partial charge in [0.1, 0.15) is 0 Å². The normalized spacial score (nSPS) is 10.5. The first-order valence-electron chi connectivity index (χ1n) is 6.66. The molecule has 0 saturated carbocycles. The number of aryl methyl sites for hydroxylation is 1. The standard InChI is InChI=1S/C14H16N4O3S/c1-3-18-14(21)10-7-5-4-6-9(10)12(17-18)13(20)16-15-11(19)8-22-2/h4-7H,3,8H2,1-2H3,(H,15,19)(H,16,20). The molecule has 0 spiro atoms. The molecule has 1 aromatic carbocycles. The quantitative estimate of drug-likeness (QED) is 0.802. The van der Waals surface area contributed by atoms with Crippen LogP contribution in [0.25, 0.3) is 10.8 Å². The van der Waals surface area contributed by atoms with Crippen LogP contribution in [0.3, 0.4) is 0 Å². The first-order chi connectivity index (χ1) is 10.6. The van der Waals surface area contributed by atoms with Crippen molar-refractivity contribution < 1.29 is 9.59 Å². The van der Waals surface area contributed by atoms with E-state index in [9.17, 15) is 14.4 Å². The number of rotatable bonds is 4. The van der Waals surface area contributed by atoms with Gasteiger partial charge in [0.25, 0.3) is 11.5 Å². The molecule has 2 rings (SSSR count).